The molecule has 0 saturated carbocycles. The van der Waals surface area contributed by atoms with Crippen molar-refractivity contribution in [3.63, 3.8) is 0 Å². The lowest BCUT2D eigenvalue weighted by Gasteiger charge is -2.19. The molecule has 0 aliphatic heterocycles. The summed E-state index contributed by atoms with van der Waals surface area (Å²) < 4.78 is 49.3. The molecule has 3 aromatic rings. The minimum absolute atomic E-state index is 0.0529. The maximum absolute atomic E-state index is 12.9. The summed E-state index contributed by atoms with van der Waals surface area (Å²) in [7, 11) is 3.17. The van der Waals surface area contributed by atoms with Crippen molar-refractivity contribution >= 4 is 11.6 Å². The zero-order chi connectivity index (χ0) is 21.7. The molecule has 0 amide bonds. The van der Waals surface area contributed by atoms with E-state index in [0.717, 1.165) is 28.8 Å². The molecular weight excluding hydrogens is 413 g/mol. The Morgan fingerprint density at radius 1 is 0.767 bits per heavy atom. The van der Waals surface area contributed by atoms with Crippen LogP contribution >= 0.6 is 11.6 Å². The monoisotopic (exact) mass is 434 g/mol. The van der Waals surface area contributed by atoms with E-state index in [2.05, 4.69) is 0 Å². The average molecular weight is 435 g/mol. The molecule has 3 aromatic carbocycles. The fourth-order valence-electron chi connectivity index (χ4n) is 3.45. The number of methoxy groups -OCH3 is 2. The predicted octanol–water partition coefficient (Wildman–Crippen LogP) is 6.95. The minimum Gasteiger partial charge on any atom is -0.493 e. The minimum atomic E-state index is -4.34. The van der Waals surface area contributed by atoms with Crippen LogP contribution < -0.4 is 9.47 Å². The Hall–Kier alpha value is -2.66. The van der Waals surface area contributed by atoms with Crippen LogP contribution in [0.1, 0.15) is 28.2 Å². The Morgan fingerprint density at radius 2 is 1.33 bits per heavy atom. The molecular formula is C24H22ClF3O2. The topological polar surface area (TPSA) is 18.5 Å². The summed E-state index contributed by atoms with van der Waals surface area (Å²) in [5.41, 5.74) is 2.30. The molecule has 30 heavy (non-hydrogen) atoms. The van der Waals surface area contributed by atoms with E-state index in [1.54, 1.807) is 26.4 Å². The maximum Gasteiger partial charge on any atom is 0.416 e. The highest BCUT2D eigenvalue weighted by molar-refractivity contribution is 6.30. The van der Waals surface area contributed by atoms with Crippen LogP contribution in [-0.4, -0.2) is 14.2 Å². The molecule has 6 heteroatoms. The summed E-state index contributed by atoms with van der Waals surface area (Å²) in [6.45, 7) is 0. The van der Waals surface area contributed by atoms with Gasteiger partial charge in [-0.1, -0.05) is 41.9 Å². The standard InChI is InChI=1S/C24H22ClF3O2/c1-29-22-12-5-17(15-23(22)30-2)14-19(18-6-10-21(25)11-7-18)13-16-3-8-20(9-4-16)24(26,27)28/h3-12,15,19H,13-14H2,1-2H3. The van der Waals surface area contributed by atoms with E-state index in [0.29, 0.717) is 29.4 Å². The van der Waals surface area contributed by atoms with Crippen LogP contribution in [0.15, 0.2) is 66.7 Å². The third-order valence-electron chi connectivity index (χ3n) is 5.03. The van der Waals surface area contributed by atoms with Gasteiger partial charge in [-0.15, -0.1) is 0 Å². The second kappa shape index (κ2) is 9.43. The lowest BCUT2D eigenvalue weighted by atomic mass is 9.86. The molecule has 158 valence electrons. The molecule has 0 heterocycles. The van der Waals surface area contributed by atoms with Crippen molar-refractivity contribution in [2.45, 2.75) is 24.9 Å². The van der Waals surface area contributed by atoms with Gasteiger partial charge < -0.3 is 9.47 Å². The molecule has 0 saturated heterocycles. The summed E-state index contributed by atoms with van der Waals surface area (Å²) in [5, 5.41) is 0.637. The van der Waals surface area contributed by atoms with Crippen molar-refractivity contribution in [3.8, 4) is 11.5 Å². The van der Waals surface area contributed by atoms with Gasteiger partial charge in [-0.2, -0.15) is 13.2 Å². The number of benzene rings is 3. The van der Waals surface area contributed by atoms with Crippen LogP contribution in [0.25, 0.3) is 0 Å². The fraction of sp³-hybridized carbons (Fsp3) is 0.250. The van der Waals surface area contributed by atoms with Gasteiger partial charge in [0, 0.05) is 5.02 Å². The van der Waals surface area contributed by atoms with E-state index >= 15 is 0 Å². The van der Waals surface area contributed by atoms with Crippen molar-refractivity contribution in [1.82, 2.24) is 0 Å². The first-order chi connectivity index (χ1) is 14.3. The second-order valence-electron chi connectivity index (χ2n) is 7.04. The van der Waals surface area contributed by atoms with Crippen molar-refractivity contribution < 1.29 is 22.6 Å². The number of hydrogen-bond donors (Lipinski definition) is 0. The first-order valence-electron chi connectivity index (χ1n) is 9.42. The van der Waals surface area contributed by atoms with Crippen LogP contribution in [-0.2, 0) is 19.0 Å². The van der Waals surface area contributed by atoms with Gasteiger partial charge in [0.25, 0.3) is 0 Å². The molecule has 0 bridgehead atoms. The number of hydrogen-bond acceptors (Lipinski definition) is 2. The molecule has 1 unspecified atom stereocenters. The van der Waals surface area contributed by atoms with Crippen LogP contribution in [0.2, 0.25) is 5.02 Å². The van der Waals surface area contributed by atoms with Gasteiger partial charge in [-0.3, -0.25) is 0 Å². The van der Waals surface area contributed by atoms with Gasteiger partial charge in [-0.25, -0.2) is 0 Å². The van der Waals surface area contributed by atoms with Crippen LogP contribution in [0, 0.1) is 0 Å². The highest BCUT2D eigenvalue weighted by Crippen LogP contribution is 2.33. The molecule has 0 aromatic heterocycles. The van der Waals surface area contributed by atoms with Crippen molar-refractivity contribution in [2.24, 2.45) is 0 Å². The Balaban J connectivity index is 1.88. The summed E-state index contributed by atoms with van der Waals surface area (Å²) in [5.74, 6) is 1.34. The average Bonchev–Trinajstić information content (AvgIpc) is 2.73. The highest BCUT2D eigenvalue weighted by atomic mass is 35.5. The third kappa shape index (κ3) is 5.48. The van der Waals surface area contributed by atoms with E-state index in [1.807, 2.05) is 42.5 Å². The Bertz CT molecular complexity index is 967. The van der Waals surface area contributed by atoms with Gasteiger partial charge in [0.1, 0.15) is 0 Å². The van der Waals surface area contributed by atoms with Crippen molar-refractivity contribution in [1.29, 1.82) is 0 Å². The number of halogens is 4. The van der Waals surface area contributed by atoms with E-state index in [4.69, 9.17) is 21.1 Å². The van der Waals surface area contributed by atoms with Gasteiger partial charge in [-0.05, 0) is 71.8 Å². The Kier molecular flexibility index (Phi) is 6.93. The molecule has 0 fully saturated rings. The van der Waals surface area contributed by atoms with Gasteiger partial charge in [0.05, 0.1) is 19.8 Å². The van der Waals surface area contributed by atoms with E-state index < -0.39 is 11.7 Å². The van der Waals surface area contributed by atoms with Crippen LogP contribution in [0.3, 0.4) is 0 Å². The summed E-state index contributed by atoms with van der Waals surface area (Å²) in [6, 6.07) is 18.7. The number of ether oxygens (including phenoxy) is 2. The third-order valence-corrected chi connectivity index (χ3v) is 5.29. The van der Waals surface area contributed by atoms with E-state index in [1.165, 1.54) is 0 Å². The molecule has 0 aliphatic rings. The molecule has 0 spiro atoms. The van der Waals surface area contributed by atoms with Crippen molar-refractivity contribution in [2.75, 3.05) is 14.2 Å². The van der Waals surface area contributed by atoms with Gasteiger partial charge >= 0.3 is 6.18 Å². The smallest absolute Gasteiger partial charge is 0.416 e. The Morgan fingerprint density at radius 3 is 1.90 bits per heavy atom. The summed E-state index contributed by atoms with van der Waals surface area (Å²) >= 11 is 6.03. The quantitative estimate of drug-likeness (QED) is 0.400. The van der Waals surface area contributed by atoms with Crippen LogP contribution in [0.5, 0.6) is 11.5 Å². The SMILES string of the molecule is COc1ccc(CC(Cc2ccc(C(F)(F)F)cc2)c2ccc(Cl)cc2)cc1OC. The zero-order valence-corrected chi connectivity index (χ0v) is 17.4. The first kappa shape index (κ1) is 22.0. The lowest BCUT2D eigenvalue weighted by molar-refractivity contribution is -0.137. The number of rotatable bonds is 7. The normalized spacial score (nSPS) is 12.5. The largest absolute Gasteiger partial charge is 0.493 e. The zero-order valence-electron chi connectivity index (χ0n) is 16.7. The molecule has 0 radical (unpaired) electrons. The van der Waals surface area contributed by atoms with E-state index in [-0.39, 0.29) is 5.92 Å². The predicted molar refractivity (Wildman–Crippen MR) is 113 cm³/mol. The molecule has 1 atom stereocenters. The second-order valence-corrected chi connectivity index (χ2v) is 7.48. The molecule has 0 aliphatic carbocycles. The Labute approximate surface area is 179 Å². The van der Waals surface area contributed by atoms with Gasteiger partial charge in [0.15, 0.2) is 11.5 Å². The lowest BCUT2D eigenvalue weighted by Crippen LogP contribution is -2.08. The summed E-state index contributed by atoms with van der Waals surface area (Å²) in [4.78, 5) is 0. The highest BCUT2D eigenvalue weighted by Gasteiger charge is 2.30. The van der Waals surface area contributed by atoms with Crippen molar-refractivity contribution in [3.05, 3.63) is 94.0 Å². The van der Waals surface area contributed by atoms with Crippen LogP contribution in [0.4, 0.5) is 13.2 Å². The molecule has 0 N–H and O–H groups in total. The maximum atomic E-state index is 12.9. The van der Waals surface area contributed by atoms with Gasteiger partial charge in [0.2, 0.25) is 0 Å². The first-order valence-corrected chi connectivity index (χ1v) is 9.80. The molecule has 2 nitrogen and oxygen atoms in total. The number of alkyl halides is 3. The summed E-state index contributed by atoms with van der Waals surface area (Å²) in [6.07, 6.45) is -3.06. The van der Waals surface area contributed by atoms with E-state index in [9.17, 15) is 13.2 Å². The molecule has 3 rings (SSSR count). The fourth-order valence-corrected chi connectivity index (χ4v) is 3.58.